The highest BCUT2D eigenvalue weighted by Gasteiger charge is 2.11. The molecule has 0 aliphatic carbocycles. The quantitative estimate of drug-likeness (QED) is 0.648. The van der Waals surface area contributed by atoms with Gasteiger partial charge in [-0.15, -0.1) is 11.3 Å². The maximum absolute atomic E-state index is 10.7. The fraction of sp³-hybridized carbons (Fsp3) is 0.250. The molecule has 0 saturated carbocycles. The molecule has 1 N–H and O–H groups in total. The van der Waals surface area contributed by atoms with Crippen LogP contribution in [-0.2, 0) is 13.2 Å². The Morgan fingerprint density at radius 2 is 2.37 bits per heavy atom. The monoisotopic (exact) mass is 279 g/mol. The number of nitro benzene ring substituents is 1. The summed E-state index contributed by atoms with van der Waals surface area (Å²) in [5, 5.41) is 16.5. The van der Waals surface area contributed by atoms with E-state index in [2.05, 4.69) is 10.3 Å². The molecule has 0 bridgehead atoms. The van der Waals surface area contributed by atoms with Gasteiger partial charge in [-0.1, -0.05) is 0 Å². The summed E-state index contributed by atoms with van der Waals surface area (Å²) in [6, 6.07) is 4.59. The zero-order valence-corrected chi connectivity index (χ0v) is 11.1. The highest BCUT2D eigenvalue weighted by Crippen LogP contribution is 2.25. The minimum atomic E-state index is -0.413. The molecule has 2 rings (SSSR count). The van der Waals surface area contributed by atoms with Crippen LogP contribution in [0.3, 0.4) is 0 Å². The summed E-state index contributed by atoms with van der Waals surface area (Å²) in [5.41, 5.74) is 0.820. The van der Waals surface area contributed by atoms with Gasteiger partial charge in [-0.3, -0.25) is 10.1 Å². The van der Waals surface area contributed by atoms with E-state index in [1.54, 1.807) is 19.3 Å². The highest BCUT2D eigenvalue weighted by molar-refractivity contribution is 7.09. The van der Waals surface area contributed by atoms with Gasteiger partial charge in [0.15, 0.2) is 0 Å². The largest absolute Gasteiger partial charge is 0.486 e. The lowest BCUT2D eigenvalue weighted by atomic mass is 10.2. The molecule has 1 aromatic heterocycles. The number of nitrogens with zero attached hydrogens (tertiary/aromatic N) is 2. The number of non-ortho nitro benzene ring substituents is 1. The van der Waals surface area contributed by atoms with Crippen molar-refractivity contribution in [1.82, 2.24) is 10.3 Å². The fourth-order valence-electron chi connectivity index (χ4n) is 1.61. The van der Waals surface area contributed by atoms with E-state index in [-0.39, 0.29) is 5.69 Å². The molecular formula is C12H13N3O3S. The molecule has 0 aliphatic heterocycles. The molecule has 0 aliphatic rings. The van der Waals surface area contributed by atoms with Gasteiger partial charge in [0.1, 0.15) is 17.4 Å². The zero-order valence-electron chi connectivity index (χ0n) is 10.3. The maximum atomic E-state index is 10.7. The number of ether oxygens (including phenoxy) is 1. The predicted octanol–water partition coefficient (Wildman–Crippen LogP) is 2.35. The van der Waals surface area contributed by atoms with E-state index in [1.807, 2.05) is 5.38 Å². The Balaban J connectivity index is 2.16. The molecule has 1 heterocycles. The first-order valence-electron chi connectivity index (χ1n) is 5.64. The maximum Gasteiger partial charge on any atom is 0.270 e. The SMILES string of the molecule is CNCc1cc([N+](=O)[O-])ccc1OCc1nccs1. The van der Waals surface area contributed by atoms with Crippen LogP contribution >= 0.6 is 11.3 Å². The molecule has 19 heavy (non-hydrogen) atoms. The molecular weight excluding hydrogens is 266 g/mol. The van der Waals surface area contributed by atoms with Crippen LogP contribution in [0.25, 0.3) is 0 Å². The number of nitro groups is 1. The van der Waals surface area contributed by atoms with Crippen molar-refractivity contribution in [3.63, 3.8) is 0 Å². The fourth-order valence-corrected chi connectivity index (χ4v) is 2.14. The number of hydrogen-bond acceptors (Lipinski definition) is 6. The minimum absolute atomic E-state index is 0.0619. The summed E-state index contributed by atoms with van der Waals surface area (Å²) in [5.74, 6) is 0.634. The van der Waals surface area contributed by atoms with Crippen LogP contribution in [0.2, 0.25) is 0 Å². The van der Waals surface area contributed by atoms with Crippen LogP contribution in [0, 0.1) is 10.1 Å². The second-order valence-corrected chi connectivity index (χ2v) is 4.77. The van der Waals surface area contributed by atoms with E-state index in [1.165, 1.54) is 23.5 Å². The first kappa shape index (κ1) is 13.4. The summed E-state index contributed by atoms with van der Waals surface area (Å²) < 4.78 is 5.65. The lowest BCUT2D eigenvalue weighted by molar-refractivity contribution is -0.384. The Bertz CT molecular complexity index is 557. The summed E-state index contributed by atoms with van der Waals surface area (Å²) in [7, 11) is 1.78. The smallest absolute Gasteiger partial charge is 0.270 e. The summed E-state index contributed by atoms with van der Waals surface area (Å²) in [6.45, 7) is 0.876. The molecule has 0 amide bonds. The Labute approximate surface area is 114 Å². The van der Waals surface area contributed by atoms with Crippen molar-refractivity contribution in [2.75, 3.05) is 7.05 Å². The van der Waals surface area contributed by atoms with Gasteiger partial charge in [0, 0.05) is 35.8 Å². The number of benzene rings is 1. The van der Waals surface area contributed by atoms with E-state index in [0.717, 1.165) is 10.6 Å². The lowest BCUT2D eigenvalue weighted by Gasteiger charge is -2.10. The van der Waals surface area contributed by atoms with Crippen molar-refractivity contribution in [3.05, 3.63) is 50.5 Å². The van der Waals surface area contributed by atoms with Gasteiger partial charge in [-0.25, -0.2) is 4.98 Å². The second kappa shape index (κ2) is 6.26. The number of hydrogen-bond donors (Lipinski definition) is 1. The Morgan fingerprint density at radius 1 is 1.53 bits per heavy atom. The molecule has 6 nitrogen and oxygen atoms in total. The average Bonchev–Trinajstić information content (AvgIpc) is 2.90. The third-order valence-electron chi connectivity index (χ3n) is 2.46. The van der Waals surface area contributed by atoms with E-state index in [9.17, 15) is 10.1 Å². The van der Waals surface area contributed by atoms with E-state index < -0.39 is 4.92 Å². The average molecular weight is 279 g/mol. The number of rotatable bonds is 6. The van der Waals surface area contributed by atoms with Crippen molar-refractivity contribution in [1.29, 1.82) is 0 Å². The number of thiazole rings is 1. The van der Waals surface area contributed by atoms with Crippen LogP contribution in [0.1, 0.15) is 10.6 Å². The van der Waals surface area contributed by atoms with Gasteiger partial charge in [-0.05, 0) is 13.1 Å². The third kappa shape index (κ3) is 3.49. The van der Waals surface area contributed by atoms with Crippen LogP contribution < -0.4 is 10.1 Å². The molecule has 0 saturated heterocycles. The van der Waals surface area contributed by atoms with Crippen LogP contribution in [-0.4, -0.2) is 17.0 Å². The van der Waals surface area contributed by atoms with E-state index >= 15 is 0 Å². The summed E-state index contributed by atoms with van der Waals surface area (Å²) in [6.07, 6.45) is 1.72. The first-order valence-corrected chi connectivity index (χ1v) is 6.51. The van der Waals surface area contributed by atoms with Gasteiger partial charge in [0.05, 0.1) is 4.92 Å². The predicted molar refractivity (Wildman–Crippen MR) is 72.3 cm³/mol. The van der Waals surface area contributed by atoms with Gasteiger partial charge < -0.3 is 10.1 Å². The van der Waals surface area contributed by atoms with Crippen molar-refractivity contribution >= 4 is 17.0 Å². The topological polar surface area (TPSA) is 77.3 Å². The van der Waals surface area contributed by atoms with Crippen LogP contribution in [0.5, 0.6) is 5.75 Å². The standard InChI is InChI=1S/C12H13N3O3S/c1-13-7-9-6-10(15(16)17)2-3-11(9)18-8-12-14-4-5-19-12/h2-6,13H,7-8H2,1H3. The normalized spacial score (nSPS) is 10.4. The molecule has 0 atom stereocenters. The molecule has 0 unspecified atom stereocenters. The summed E-state index contributed by atoms with van der Waals surface area (Å²) in [4.78, 5) is 14.5. The molecule has 100 valence electrons. The lowest BCUT2D eigenvalue weighted by Crippen LogP contribution is -2.08. The molecule has 1 aromatic carbocycles. The van der Waals surface area contributed by atoms with Gasteiger partial charge in [0.2, 0.25) is 0 Å². The second-order valence-electron chi connectivity index (χ2n) is 3.79. The van der Waals surface area contributed by atoms with Gasteiger partial charge in [0.25, 0.3) is 5.69 Å². The zero-order chi connectivity index (χ0) is 13.7. The van der Waals surface area contributed by atoms with Gasteiger partial charge >= 0.3 is 0 Å². The van der Waals surface area contributed by atoms with Crippen molar-refractivity contribution < 1.29 is 9.66 Å². The molecule has 7 heteroatoms. The Morgan fingerprint density at radius 3 is 3.00 bits per heavy atom. The Kier molecular flexibility index (Phi) is 4.43. The molecule has 0 fully saturated rings. The summed E-state index contributed by atoms with van der Waals surface area (Å²) >= 11 is 1.51. The van der Waals surface area contributed by atoms with Crippen molar-refractivity contribution in [3.8, 4) is 5.75 Å². The third-order valence-corrected chi connectivity index (χ3v) is 3.21. The van der Waals surface area contributed by atoms with E-state index in [4.69, 9.17) is 4.74 Å². The van der Waals surface area contributed by atoms with Crippen molar-refractivity contribution in [2.24, 2.45) is 0 Å². The van der Waals surface area contributed by atoms with Gasteiger partial charge in [-0.2, -0.15) is 0 Å². The number of aromatic nitrogens is 1. The van der Waals surface area contributed by atoms with E-state index in [0.29, 0.717) is 18.9 Å². The Hall–Kier alpha value is -1.99. The highest BCUT2D eigenvalue weighted by atomic mass is 32.1. The van der Waals surface area contributed by atoms with Crippen LogP contribution in [0.4, 0.5) is 5.69 Å². The molecule has 0 radical (unpaired) electrons. The molecule has 2 aromatic rings. The molecule has 0 spiro atoms. The first-order chi connectivity index (χ1) is 9.20. The van der Waals surface area contributed by atoms with Crippen molar-refractivity contribution in [2.45, 2.75) is 13.2 Å². The number of nitrogens with one attached hydrogen (secondary N) is 1. The minimum Gasteiger partial charge on any atom is -0.486 e. The van der Waals surface area contributed by atoms with Crippen LogP contribution in [0.15, 0.2) is 29.8 Å².